The zero-order valence-electron chi connectivity index (χ0n) is 9.44. The fourth-order valence-electron chi connectivity index (χ4n) is 2.57. The monoisotopic (exact) mass is 232 g/mol. The van der Waals surface area contributed by atoms with E-state index in [9.17, 15) is 8.42 Å². The van der Waals surface area contributed by atoms with Crippen LogP contribution in [0.4, 0.5) is 0 Å². The molecule has 0 radical (unpaired) electrons. The second-order valence-electron chi connectivity index (χ2n) is 5.41. The Morgan fingerprint density at radius 3 is 2.27 bits per heavy atom. The summed E-state index contributed by atoms with van der Waals surface area (Å²) >= 11 is 0. The van der Waals surface area contributed by atoms with E-state index < -0.39 is 10.0 Å². The lowest BCUT2D eigenvalue weighted by Crippen LogP contribution is -2.49. The highest BCUT2D eigenvalue weighted by molar-refractivity contribution is 7.89. The topological polar surface area (TPSA) is 63.4 Å². The highest BCUT2D eigenvalue weighted by Gasteiger charge is 2.47. The average Bonchev–Trinajstić information content (AvgIpc) is 2.19. The highest BCUT2D eigenvalue weighted by atomic mass is 32.2. The summed E-state index contributed by atoms with van der Waals surface area (Å²) in [5.74, 6) is 0. The smallest absolute Gasteiger partial charge is 0.217 e. The van der Waals surface area contributed by atoms with Gasteiger partial charge < -0.3 is 5.73 Å². The van der Waals surface area contributed by atoms with Crippen LogP contribution in [0, 0.1) is 0 Å². The lowest BCUT2D eigenvalue weighted by atomic mass is 10.00. The van der Waals surface area contributed by atoms with Crippen LogP contribution < -0.4 is 5.73 Å². The first-order chi connectivity index (χ1) is 6.84. The summed E-state index contributed by atoms with van der Waals surface area (Å²) in [4.78, 5) is 0. The lowest BCUT2D eigenvalue weighted by molar-refractivity contribution is 0.281. The molecular weight excluding hydrogens is 212 g/mol. The van der Waals surface area contributed by atoms with E-state index in [4.69, 9.17) is 5.73 Å². The van der Waals surface area contributed by atoms with Crippen LogP contribution >= 0.6 is 0 Å². The molecule has 0 amide bonds. The van der Waals surface area contributed by atoms with Gasteiger partial charge in [-0.2, -0.15) is 4.31 Å². The predicted molar refractivity (Wildman–Crippen MR) is 59.9 cm³/mol. The van der Waals surface area contributed by atoms with Gasteiger partial charge in [-0.05, 0) is 33.1 Å². The van der Waals surface area contributed by atoms with Crippen molar-refractivity contribution >= 4 is 10.0 Å². The molecule has 88 valence electrons. The van der Waals surface area contributed by atoms with Crippen molar-refractivity contribution in [2.24, 2.45) is 5.73 Å². The number of hydrogen-bond acceptors (Lipinski definition) is 3. The van der Waals surface area contributed by atoms with Gasteiger partial charge in [0, 0.05) is 18.1 Å². The number of nitrogens with zero attached hydrogens (tertiary/aromatic N) is 1. The predicted octanol–water partition coefficient (Wildman–Crippen LogP) is 0.680. The van der Waals surface area contributed by atoms with Crippen molar-refractivity contribution < 1.29 is 8.42 Å². The Labute approximate surface area is 91.9 Å². The van der Waals surface area contributed by atoms with E-state index >= 15 is 0 Å². The van der Waals surface area contributed by atoms with E-state index in [1.165, 1.54) is 0 Å². The maximum absolute atomic E-state index is 12.2. The summed E-state index contributed by atoms with van der Waals surface area (Å²) in [6.07, 6.45) is 3.46. The minimum atomic E-state index is -3.09. The molecule has 2 aliphatic rings. The summed E-state index contributed by atoms with van der Waals surface area (Å²) in [6, 6.07) is -0.00477. The Morgan fingerprint density at radius 1 is 1.33 bits per heavy atom. The maximum atomic E-state index is 12.2. The first-order valence-corrected chi connectivity index (χ1v) is 7.11. The Bertz CT molecular complexity index is 346. The van der Waals surface area contributed by atoms with Crippen LogP contribution in [0.5, 0.6) is 0 Å². The van der Waals surface area contributed by atoms with Gasteiger partial charge in [0.2, 0.25) is 10.0 Å². The molecule has 0 aromatic heterocycles. The van der Waals surface area contributed by atoms with Crippen LogP contribution in [-0.2, 0) is 10.0 Å². The first kappa shape index (κ1) is 11.4. The van der Waals surface area contributed by atoms with Gasteiger partial charge in [0.25, 0.3) is 0 Å². The van der Waals surface area contributed by atoms with Crippen LogP contribution in [0.1, 0.15) is 39.5 Å². The summed E-state index contributed by atoms with van der Waals surface area (Å²) in [7, 11) is -3.09. The number of rotatable bonds is 2. The SMILES string of the molecule is CC1(C)CC(N)CN1S(=O)(=O)C1CCC1. The fourth-order valence-corrected chi connectivity index (χ4v) is 5.02. The fraction of sp³-hybridized carbons (Fsp3) is 1.00. The number of hydrogen-bond donors (Lipinski definition) is 1. The molecule has 2 N–H and O–H groups in total. The molecule has 1 heterocycles. The molecule has 1 saturated heterocycles. The van der Waals surface area contributed by atoms with Crippen molar-refractivity contribution in [1.82, 2.24) is 4.31 Å². The van der Waals surface area contributed by atoms with Crippen molar-refractivity contribution in [3.63, 3.8) is 0 Å². The summed E-state index contributed by atoms with van der Waals surface area (Å²) in [6.45, 7) is 4.43. The Balaban J connectivity index is 2.23. The molecule has 2 rings (SSSR count). The second kappa shape index (κ2) is 3.43. The highest BCUT2D eigenvalue weighted by Crippen LogP contribution is 2.36. The molecule has 0 aromatic carbocycles. The van der Waals surface area contributed by atoms with Crippen molar-refractivity contribution in [2.75, 3.05) is 6.54 Å². The quantitative estimate of drug-likeness (QED) is 0.761. The normalized spacial score (nSPS) is 32.9. The van der Waals surface area contributed by atoms with Crippen LogP contribution in [0.25, 0.3) is 0 Å². The van der Waals surface area contributed by atoms with E-state index in [-0.39, 0.29) is 16.8 Å². The molecule has 1 saturated carbocycles. The summed E-state index contributed by atoms with van der Waals surface area (Å²) < 4.78 is 26.1. The molecule has 4 nitrogen and oxygen atoms in total. The maximum Gasteiger partial charge on any atom is 0.217 e. The molecule has 0 aromatic rings. The molecule has 1 aliphatic carbocycles. The van der Waals surface area contributed by atoms with Crippen molar-refractivity contribution in [2.45, 2.75) is 56.4 Å². The lowest BCUT2D eigenvalue weighted by Gasteiger charge is -2.36. The average molecular weight is 232 g/mol. The standard InChI is InChI=1S/C10H20N2O2S/c1-10(2)6-8(11)7-12(10)15(13,14)9-4-3-5-9/h8-9H,3-7,11H2,1-2H3. The zero-order chi connectivity index (χ0) is 11.3. The van der Waals surface area contributed by atoms with Gasteiger partial charge in [0.15, 0.2) is 0 Å². The molecule has 0 bridgehead atoms. The van der Waals surface area contributed by atoms with E-state index in [1.807, 2.05) is 13.8 Å². The van der Waals surface area contributed by atoms with Gasteiger partial charge in [0.1, 0.15) is 0 Å². The molecule has 0 spiro atoms. The Hall–Kier alpha value is -0.130. The van der Waals surface area contributed by atoms with Gasteiger partial charge in [0.05, 0.1) is 5.25 Å². The zero-order valence-corrected chi connectivity index (χ0v) is 10.3. The van der Waals surface area contributed by atoms with Gasteiger partial charge in [-0.15, -0.1) is 0 Å². The number of sulfonamides is 1. The minimum absolute atomic E-state index is 0.00477. The molecule has 1 unspecified atom stereocenters. The molecule has 1 atom stereocenters. The third-order valence-corrected chi connectivity index (χ3v) is 6.19. The van der Waals surface area contributed by atoms with Gasteiger partial charge >= 0.3 is 0 Å². The van der Waals surface area contributed by atoms with E-state index in [0.717, 1.165) is 25.7 Å². The Kier molecular flexibility index (Phi) is 2.60. The van der Waals surface area contributed by atoms with Crippen LogP contribution in [-0.4, -0.2) is 36.1 Å². The Morgan fingerprint density at radius 2 is 1.93 bits per heavy atom. The third-order valence-electron chi connectivity index (χ3n) is 3.62. The van der Waals surface area contributed by atoms with E-state index in [1.54, 1.807) is 4.31 Å². The minimum Gasteiger partial charge on any atom is -0.326 e. The van der Waals surface area contributed by atoms with Crippen molar-refractivity contribution in [3.8, 4) is 0 Å². The van der Waals surface area contributed by atoms with Crippen LogP contribution in [0.2, 0.25) is 0 Å². The van der Waals surface area contributed by atoms with Crippen LogP contribution in [0.15, 0.2) is 0 Å². The second-order valence-corrected chi connectivity index (χ2v) is 7.54. The molecule has 5 heteroatoms. The summed E-state index contributed by atoms with van der Waals surface area (Å²) in [5.41, 5.74) is 5.55. The molecule has 15 heavy (non-hydrogen) atoms. The molecular formula is C10H20N2O2S. The van der Waals surface area contributed by atoms with E-state index in [0.29, 0.717) is 6.54 Å². The molecule has 1 aliphatic heterocycles. The van der Waals surface area contributed by atoms with E-state index in [2.05, 4.69) is 0 Å². The third kappa shape index (κ3) is 1.81. The molecule has 2 fully saturated rings. The largest absolute Gasteiger partial charge is 0.326 e. The van der Waals surface area contributed by atoms with Gasteiger partial charge in [-0.1, -0.05) is 6.42 Å². The van der Waals surface area contributed by atoms with Crippen molar-refractivity contribution in [1.29, 1.82) is 0 Å². The van der Waals surface area contributed by atoms with Gasteiger partial charge in [-0.25, -0.2) is 8.42 Å². The van der Waals surface area contributed by atoms with Crippen molar-refractivity contribution in [3.05, 3.63) is 0 Å². The van der Waals surface area contributed by atoms with Crippen LogP contribution in [0.3, 0.4) is 0 Å². The number of nitrogens with two attached hydrogens (primary N) is 1. The van der Waals surface area contributed by atoms with Gasteiger partial charge in [-0.3, -0.25) is 0 Å². The summed E-state index contributed by atoms with van der Waals surface area (Å²) in [5, 5.41) is -0.137. The first-order valence-electron chi connectivity index (χ1n) is 5.61.